The molecule has 0 spiro atoms. The second-order valence-electron chi connectivity index (χ2n) is 7.23. The number of nitrogens with two attached hydrogens (primary N) is 1. The van der Waals surface area contributed by atoms with Gasteiger partial charge >= 0.3 is 0 Å². The summed E-state index contributed by atoms with van der Waals surface area (Å²) in [7, 11) is 0. The van der Waals surface area contributed by atoms with E-state index in [9.17, 15) is 4.79 Å². The normalized spacial score (nSPS) is 23.0. The van der Waals surface area contributed by atoms with Crippen molar-refractivity contribution in [1.82, 2.24) is 5.32 Å². The van der Waals surface area contributed by atoms with Gasteiger partial charge in [-0.1, -0.05) is 20.3 Å². The van der Waals surface area contributed by atoms with Crippen molar-refractivity contribution < 1.29 is 9.53 Å². The number of hydrogen-bond donors (Lipinski definition) is 2. The lowest BCUT2D eigenvalue weighted by atomic mass is 9.64. The number of amides is 1. The largest absolute Gasteiger partial charge is 0.381 e. The topological polar surface area (TPSA) is 64.4 Å². The molecule has 1 saturated carbocycles. The third kappa shape index (κ3) is 4.33. The maximum atomic E-state index is 12.6. The molecule has 1 aliphatic heterocycles. The van der Waals surface area contributed by atoms with Crippen LogP contribution < -0.4 is 11.1 Å². The highest BCUT2D eigenvalue weighted by Crippen LogP contribution is 2.45. The van der Waals surface area contributed by atoms with Gasteiger partial charge in [0.1, 0.15) is 0 Å². The molecule has 2 fully saturated rings. The Kier molecular flexibility index (Phi) is 6.95. The number of ether oxygens (including phenoxy) is 1. The number of carbonyl (C=O) groups is 1. The van der Waals surface area contributed by atoms with Gasteiger partial charge in [-0.15, -0.1) is 12.4 Å². The second kappa shape index (κ2) is 7.80. The van der Waals surface area contributed by atoms with Crippen LogP contribution in [0.2, 0.25) is 0 Å². The van der Waals surface area contributed by atoms with E-state index in [1.807, 2.05) is 0 Å². The number of rotatable bonds is 6. The minimum Gasteiger partial charge on any atom is -0.381 e. The lowest BCUT2D eigenvalue weighted by molar-refractivity contribution is -0.136. The van der Waals surface area contributed by atoms with E-state index in [-0.39, 0.29) is 23.7 Å². The van der Waals surface area contributed by atoms with Crippen LogP contribution in [-0.4, -0.2) is 32.2 Å². The van der Waals surface area contributed by atoms with E-state index in [0.29, 0.717) is 31.1 Å². The zero-order valence-electron chi connectivity index (χ0n) is 13.5. The van der Waals surface area contributed by atoms with E-state index in [1.165, 1.54) is 25.7 Å². The van der Waals surface area contributed by atoms with Crippen molar-refractivity contribution in [1.29, 1.82) is 0 Å². The zero-order valence-corrected chi connectivity index (χ0v) is 14.3. The summed E-state index contributed by atoms with van der Waals surface area (Å²) in [5.41, 5.74) is 5.85. The highest BCUT2D eigenvalue weighted by Gasteiger charge is 2.42. The van der Waals surface area contributed by atoms with Gasteiger partial charge < -0.3 is 15.8 Å². The van der Waals surface area contributed by atoms with Crippen LogP contribution in [0, 0.1) is 16.7 Å². The highest BCUT2D eigenvalue weighted by atomic mass is 35.5. The van der Waals surface area contributed by atoms with E-state index < -0.39 is 0 Å². The zero-order chi connectivity index (χ0) is 14.6. The summed E-state index contributed by atoms with van der Waals surface area (Å²) in [5, 5.41) is 3.22. The molecule has 1 heterocycles. The maximum absolute atomic E-state index is 12.6. The molecule has 1 amide bonds. The highest BCUT2D eigenvalue weighted by molar-refractivity contribution is 5.85. The van der Waals surface area contributed by atoms with Gasteiger partial charge in [0.2, 0.25) is 5.91 Å². The van der Waals surface area contributed by atoms with Crippen LogP contribution >= 0.6 is 12.4 Å². The van der Waals surface area contributed by atoms with Crippen molar-refractivity contribution in [3.8, 4) is 0 Å². The van der Waals surface area contributed by atoms with Gasteiger partial charge in [-0.2, -0.15) is 0 Å². The maximum Gasteiger partial charge on any atom is 0.227 e. The molecule has 1 saturated heterocycles. The van der Waals surface area contributed by atoms with Gasteiger partial charge in [-0.3, -0.25) is 4.79 Å². The monoisotopic (exact) mass is 318 g/mol. The van der Waals surface area contributed by atoms with Crippen molar-refractivity contribution in [2.24, 2.45) is 22.5 Å². The van der Waals surface area contributed by atoms with Crippen molar-refractivity contribution in [3.05, 3.63) is 0 Å². The molecule has 0 unspecified atom stereocenters. The first-order chi connectivity index (χ1) is 9.52. The average molecular weight is 319 g/mol. The van der Waals surface area contributed by atoms with Gasteiger partial charge in [0.05, 0.1) is 5.41 Å². The predicted octanol–water partition coefficient (Wildman–Crippen LogP) is 2.50. The molecule has 0 aromatic rings. The van der Waals surface area contributed by atoms with Gasteiger partial charge in [0, 0.05) is 26.3 Å². The molecule has 5 heteroatoms. The molecule has 4 nitrogen and oxygen atoms in total. The lowest BCUT2D eigenvalue weighted by Gasteiger charge is -2.44. The molecule has 0 radical (unpaired) electrons. The smallest absolute Gasteiger partial charge is 0.227 e. The molecule has 124 valence electrons. The molecule has 0 atom stereocenters. The van der Waals surface area contributed by atoms with Crippen molar-refractivity contribution in [2.75, 3.05) is 26.3 Å². The average Bonchev–Trinajstić information content (AvgIpc) is 2.41. The van der Waals surface area contributed by atoms with Gasteiger partial charge in [0.15, 0.2) is 0 Å². The second-order valence-corrected chi connectivity index (χ2v) is 7.23. The Labute approximate surface area is 135 Å². The minimum atomic E-state index is -0.388. The molecular weight excluding hydrogens is 288 g/mol. The van der Waals surface area contributed by atoms with Crippen LogP contribution in [-0.2, 0) is 9.53 Å². The molecule has 0 bridgehead atoms. The molecule has 3 N–H and O–H groups in total. The van der Waals surface area contributed by atoms with E-state index in [1.54, 1.807) is 0 Å². The molecular formula is C16H31ClN2O2. The summed E-state index contributed by atoms with van der Waals surface area (Å²) < 4.78 is 5.37. The predicted molar refractivity (Wildman–Crippen MR) is 87.5 cm³/mol. The number of carbonyl (C=O) groups excluding carboxylic acids is 1. The van der Waals surface area contributed by atoms with Crippen LogP contribution in [0.3, 0.4) is 0 Å². The van der Waals surface area contributed by atoms with Crippen molar-refractivity contribution >= 4 is 18.3 Å². The molecule has 2 rings (SSSR count). The number of halogens is 1. The summed E-state index contributed by atoms with van der Waals surface area (Å²) in [6.07, 6.45) is 6.54. The fraction of sp³-hybridized carbons (Fsp3) is 0.938. The van der Waals surface area contributed by atoms with E-state index in [2.05, 4.69) is 19.2 Å². The third-order valence-electron chi connectivity index (χ3n) is 5.20. The fourth-order valence-corrected chi connectivity index (χ4v) is 3.74. The summed E-state index contributed by atoms with van der Waals surface area (Å²) in [6, 6.07) is 0. The Balaban J connectivity index is 0.00000220. The first-order valence-corrected chi connectivity index (χ1v) is 8.08. The third-order valence-corrected chi connectivity index (χ3v) is 5.20. The van der Waals surface area contributed by atoms with Crippen molar-refractivity contribution in [3.63, 3.8) is 0 Å². The standard InChI is InChI=1S/C16H30N2O2.ClH/c1-13(2)10-15(4-3-5-15)12-18-14(19)16(11-17)6-8-20-9-7-16;/h13H,3-12,17H2,1-2H3,(H,18,19);1H. The van der Waals surface area contributed by atoms with Crippen LogP contribution in [0.1, 0.15) is 52.4 Å². The first kappa shape index (κ1) is 18.7. The van der Waals surface area contributed by atoms with E-state index in [4.69, 9.17) is 10.5 Å². The fourth-order valence-electron chi connectivity index (χ4n) is 3.74. The Morgan fingerprint density at radius 1 is 1.24 bits per heavy atom. The molecule has 0 aromatic heterocycles. The first-order valence-electron chi connectivity index (χ1n) is 8.08. The van der Waals surface area contributed by atoms with E-state index >= 15 is 0 Å². The van der Waals surface area contributed by atoms with E-state index in [0.717, 1.165) is 19.4 Å². The van der Waals surface area contributed by atoms with Gasteiger partial charge in [0.25, 0.3) is 0 Å². The van der Waals surface area contributed by atoms with Crippen molar-refractivity contribution in [2.45, 2.75) is 52.4 Å². The summed E-state index contributed by atoms with van der Waals surface area (Å²) in [4.78, 5) is 12.6. The Bertz CT molecular complexity index is 337. The summed E-state index contributed by atoms with van der Waals surface area (Å²) >= 11 is 0. The van der Waals surface area contributed by atoms with Crippen LogP contribution in [0.25, 0.3) is 0 Å². The summed E-state index contributed by atoms with van der Waals surface area (Å²) in [5.74, 6) is 0.845. The Morgan fingerprint density at radius 3 is 2.29 bits per heavy atom. The van der Waals surface area contributed by atoms with Gasteiger partial charge in [-0.25, -0.2) is 0 Å². The SMILES string of the molecule is CC(C)CC1(CNC(=O)C2(CN)CCOCC2)CCC1.Cl. The van der Waals surface area contributed by atoms with Crippen LogP contribution in [0.5, 0.6) is 0 Å². The van der Waals surface area contributed by atoms with Crippen LogP contribution in [0.15, 0.2) is 0 Å². The number of hydrogen-bond acceptors (Lipinski definition) is 3. The summed E-state index contributed by atoms with van der Waals surface area (Å²) in [6.45, 7) is 7.10. The molecule has 21 heavy (non-hydrogen) atoms. The molecule has 2 aliphatic rings. The Hall–Kier alpha value is -0.320. The lowest BCUT2D eigenvalue weighted by Crippen LogP contribution is -2.52. The van der Waals surface area contributed by atoms with Gasteiger partial charge in [-0.05, 0) is 43.4 Å². The number of nitrogens with one attached hydrogen (secondary N) is 1. The Morgan fingerprint density at radius 2 is 1.86 bits per heavy atom. The molecule has 0 aromatic carbocycles. The quantitative estimate of drug-likeness (QED) is 0.791. The van der Waals surface area contributed by atoms with Crippen LogP contribution in [0.4, 0.5) is 0 Å². The molecule has 1 aliphatic carbocycles. The minimum absolute atomic E-state index is 0.